The summed E-state index contributed by atoms with van der Waals surface area (Å²) >= 11 is 0. The number of anilines is 1. The number of hydrogen-bond acceptors (Lipinski definition) is 4. The van der Waals surface area contributed by atoms with Crippen molar-refractivity contribution in [2.45, 2.75) is 26.7 Å². The average Bonchev–Trinajstić information content (AvgIpc) is 2.29. The van der Waals surface area contributed by atoms with E-state index >= 15 is 0 Å². The molecule has 2 heterocycles. The molecule has 0 amide bonds. The third-order valence-corrected chi connectivity index (χ3v) is 3.07. The predicted octanol–water partition coefficient (Wildman–Crippen LogP) is 1.83. The Balaban J connectivity index is 2.19. The van der Waals surface area contributed by atoms with E-state index in [9.17, 15) is 4.79 Å². The van der Waals surface area contributed by atoms with Gasteiger partial charge in [0.1, 0.15) is 17.3 Å². The summed E-state index contributed by atoms with van der Waals surface area (Å²) in [5.41, 5.74) is 0.473. The average molecular weight is 219 g/mol. The van der Waals surface area contributed by atoms with Crippen LogP contribution in [0, 0.1) is 12.8 Å². The number of aldehydes is 1. The maximum absolute atomic E-state index is 10.7. The van der Waals surface area contributed by atoms with Crippen LogP contribution in [-0.4, -0.2) is 29.3 Å². The fourth-order valence-electron chi connectivity index (χ4n) is 2.03. The highest BCUT2D eigenvalue weighted by atomic mass is 16.1. The third-order valence-electron chi connectivity index (χ3n) is 3.07. The lowest BCUT2D eigenvalue weighted by atomic mass is 9.99. The molecule has 1 aromatic heterocycles. The highest BCUT2D eigenvalue weighted by molar-refractivity contribution is 5.73. The van der Waals surface area contributed by atoms with E-state index in [4.69, 9.17) is 0 Å². The predicted molar refractivity (Wildman–Crippen MR) is 62.8 cm³/mol. The van der Waals surface area contributed by atoms with E-state index in [0.29, 0.717) is 11.5 Å². The van der Waals surface area contributed by atoms with Crippen LogP contribution in [0.1, 0.15) is 36.1 Å². The monoisotopic (exact) mass is 219 g/mol. The van der Waals surface area contributed by atoms with Gasteiger partial charge in [-0.2, -0.15) is 0 Å². The van der Waals surface area contributed by atoms with Crippen molar-refractivity contribution in [3.05, 3.63) is 17.6 Å². The van der Waals surface area contributed by atoms with Gasteiger partial charge in [-0.1, -0.05) is 6.92 Å². The molecule has 0 aromatic carbocycles. The number of aromatic nitrogens is 2. The van der Waals surface area contributed by atoms with Crippen LogP contribution in [0.4, 0.5) is 5.82 Å². The van der Waals surface area contributed by atoms with Gasteiger partial charge in [0, 0.05) is 19.2 Å². The van der Waals surface area contributed by atoms with Gasteiger partial charge in [-0.3, -0.25) is 4.79 Å². The van der Waals surface area contributed by atoms with Gasteiger partial charge < -0.3 is 4.90 Å². The Labute approximate surface area is 95.7 Å². The first-order chi connectivity index (χ1) is 7.69. The summed E-state index contributed by atoms with van der Waals surface area (Å²) in [6.07, 6.45) is 3.17. The Morgan fingerprint density at radius 3 is 2.69 bits per heavy atom. The molecule has 4 heteroatoms. The number of nitrogens with zero attached hydrogens (tertiary/aromatic N) is 3. The summed E-state index contributed by atoms with van der Waals surface area (Å²) in [7, 11) is 0. The Bertz CT molecular complexity index is 384. The number of rotatable bonds is 2. The van der Waals surface area contributed by atoms with Gasteiger partial charge in [0.2, 0.25) is 0 Å². The number of hydrogen-bond donors (Lipinski definition) is 0. The number of aryl methyl sites for hydroxylation is 1. The molecule has 1 aliphatic heterocycles. The van der Waals surface area contributed by atoms with Gasteiger partial charge in [-0.15, -0.1) is 0 Å². The molecule has 1 aliphatic rings. The van der Waals surface area contributed by atoms with E-state index in [2.05, 4.69) is 21.8 Å². The molecule has 1 aromatic rings. The van der Waals surface area contributed by atoms with E-state index in [1.807, 2.05) is 6.92 Å². The number of carbonyl (C=O) groups excluding carboxylic acids is 1. The van der Waals surface area contributed by atoms with E-state index in [1.54, 1.807) is 6.07 Å². The lowest BCUT2D eigenvalue weighted by molar-refractivity contribution is 0.111. The summed E-state index contributed by atoms with van der Waals surface area (Å²) in [4.78, 5) is 21.4. The first-order valence-electron chi connectivity index (χ1n) is 5.75. The highest BCUT2D eigenvalue weighted by Gasteiger charge is 2.17. The lowest BCUT2D eigenvalue weighted by Gasteiger charge is -2.31. The molecule has 0 unspecified atom stereocenters. The van der Waals surface area contributed by atoms with E-state index in [1.165, 1.54) is 12.8 Å². The Morgan fingerprint density at radius 2 is 2.06 bits per heavy atom. The van der Waals surface area contributed by atoms with Gasteiger partial charge in [0.25, 0.3) is 0 Å². The Hall–Kier alpha value is -1.45. The minimum Gasteiger partial charge on any atom is -0.356 e. The second kappa shape index (κ2) is 4.60. The maximum atomic E-state index is 10.7. The minimum atomic E-state index is 0.473. The number of carbonyl (C=O) groups is 1. The fraction of sp³-hybridized carbons (Fsp3) is 0.583. The Morgan fingerprint density at radius 1 is 1.38 bits per heavy atom. The molecule has 86 valence electrons. The van der Waals surface area contributed by atoms with Crippen LogP contribution in [-0.2, 0) is 0 Å². The maximum Gasteiger partial charge on any atom is 0.168 e. The van der Waals surface area contributed by atoms with Crippen molar-refractivity contribution in [2.75, 3.05) is 18.0 Å². The first-order valence-corrected chi connectivity index (χ1v) is 5.75. The second-order valence-electron chi connectivity index (χ2n) is 4.49. The van der Waals surface area contributed by atoms with Crippen LogP contribution in [0.15, 0.2) is 6.07 Å². The van der Waals surface area contributed by atoms with Crippen LogP contribution < -0.4 is 4.90 Å². The zero-order valence-corrected chi connectivity index (χ0v) is 9.81. The molecular weight excluding hydrogens is 202 g/mol. The molecule has 1 saturated heterocycles. The summed E-state index contributed by atoms with van der Waals surface area (Å²) in [6, 6.07) is 1.77. The van der Waals surface area contributed by atoms with Gasteiger partial charge in [-0.05, 0) is 25.7 Å². The molecule has 16 heavy (non-hydrogen) atoms. The quantitative estimate of drug-likeness (QED) is 0.712. The normalized spacial score (nSPS) is 17.5. The molecule has 1 fully saturated rings. The summed E-state index contributed by atoms with van der Waals surface area (Å²) in [5, 5.41) is 0. The molecule has 0 radical (unpaired) electrons. The summed E-state index contributed by atoms with van der Waals surface area (Å²) < 4.78 is 0. The van der Waals surface area contributed by atoms with Crippen molar-refractivity contribution in [2.24, 2.45) is 5.92 Å². The van der Waals surface area contributed by atoms with Crippen LogP contribution in [0.5, 0.6) is 0 Å². The zero-order valence-electron chi connectivity index (χ0n) is 9.81. The van der Waals surface area contributed by atoms with Crippen LogP contribution in [0.25, 0.3) is 0 Å². The molecule has 0 saturated carbocycles. The molecule has 0 N–H and O–H groups in total. The standard InChI is InChI=1S/C12H17N3O/c1-9-3-5-15(6-4-9)12-7-11(8-16)13-10(2)14-12/h7-9H,3-6H2,1-2H3. The number of piperidine rings is 1. The summed E-state index contributed by atoms with van der Waals surface area (Å²) in [6.45, 7) is 6.15. The first kappa shape index (κ1) is 11.0. The summed E-state index contributed by atoms with van der Waals surface area (Å²) in [5.74, 6) is 2.35. The smallest absolute Gasteiger partial charge is 0.168 e. The van der Waals surface area contributed by atoms with Crippen LogP contribution in [0.2, 0.25) is 0 Å². The van der Waals surface area contributed by atoms with Crippen LogP contribution in [0.3, 0.4) is 0 Å². The molecular formula is C12H17N3O. The van der Waals surface area contributed by atoms with Crippen molar-refractivity contribution >= 4 is 12.1 Å². The van der Waals surface area contributed by atoms with Crippen molar-refractivity contribution in [1.29, 1.82) is 0 Å². The molecule has 0 aliphatic carbocycles. The van der Waals surface area contributed by atoms with Crippen molar-refractivity contribution in [3.63, 3.8) is 0 Å². The van der Waals surface area contributed by atoms with E-state index < -0.39 is 0 Å². The van der Waals surface area contributed by atoms with Gasteiger partial charge >= 0.3 is 0 Å². The molecule has 0 spiro atoms. The molecule has 0 atom stereocenters. The van der Waals surface area contributed by atoms with Gasteiger partial charge in [0.05, 0.1) is 0 Å². The Kier molecular flexibility index (Phi) is 3.17. The van der Waals surface area contributed by atoms with Crippen LogP contribution >= 0.6 is 0 Å². The topological polar surface area (TPSA) is 46.1 Å². The molecule has 2 rings (SSSR count). The van der Waals surface area contributed by atoms with E-state index in [-0.39, 0.29) is 0 Å². The van der Waals surface area contributed by atoms with Crippen molar-refractivity contribution in [3.8, 4) is 0 Å². The largest absolute Gasteiger partial charge is 0.356 e. The zero-order chi connectivity index (χ0) is 11.5. The third kappa shape index (κ3) is 2.38. The lowest BCUT2D eigenvalue weighted by Crippen LogP contribution is -2.33. The fourth-order valence-corrected chi connectivity index (χ4v) is 2.03. The SMILES string of the molecule is Cc1nc(C=O)cc(N2CCC(C)CC2)n1. The highest BCUT2D eigenvalue weighted by Crippen LogP contribution is 2.21. The molecule has 4 nitrogen and oxygen atoms in total. The van der Waals surface area contributed by atoms with Gasteiger partial charge in [0.15, 0.2) is 6.29 Å². The van der Waals surface area contributed by atoms with Gasteiger partial charge in [-0.25, -0.2) is 9.97 Å². The van der Waals surface area contributed by atoms with Crippen molar-refractivity contribution in [1.82, 2.24) is 9.97 Å². The second-order valence-corrected chi connectivity index (χ2v) is 4.49. The minimum absolute atomic E-state index is 0.473. The van der Waals surface area contributed by atoms with Crippen molar-refractivity contribution < 1.29 is 4.79 Å². The molecule has 0 bridgehead atoms. The van der Waals surface area contributed by atoms with E-state index in [0.717, 1.165) is 31.1 Å².